The quantitative estimate of drug-likeness (QED) is 0.831. The van der Waals surface area contributed by atoms with Crippen LogP contribution in [0.25, 0.3) is 0 Å². The summed E-state index contributed by atoms with van der Waals surface area (Å²) in [6.45, 7) is 1.73. The second-order valence-corrected chi connectivity index (χ2v) is 6.93. The molecule has 118 valence electrons. The van der Waals surface area contributed by atoms with E-state index in [4.69, 9.17) is 9.47 Å². The summed E-state index contributed by atoms with van der Waals surface area (Å²) >= 11 is 0. The van der Waals surface area contributed by atoms with Gasteiger partial charge in [0, 0.05) is 6.07 Å². The number of methoxy groups -OCH3 is 2. The van der Waals surface area contributed by atoms with Crippen molar-refractivity contribution in [1.82, 2.24) is 5.32 Å². The third-order valence-electron chi connectivity index (χ3n) is 3.51. The number of rotatable bonds is 6. The smallest absolute Gasteiger partial charge is 0.233 e. The van der Waals surface area contributed by atoms with Crippen molar-refractivity contribution in [3.05, 3.63) is 18.2 Å². The zero-order chi connectivity index (χ0) is 15.3. The van der Waals surface area contributed by atoms with E-state index >= 15 is 0 Å². The number of ether oxygens (including phenoxy) is 2. The van der Waals surface area contributed by atoms with Crippen molar-refractivity contribution in [2.45, 2.75) is 12.8 Å². The summed E-state index contributed by atoms with van der Waals surface area (Å²) in [6, 6.07) is 4.96. The average molecular weight is 314 g/mol. The van der Waals surface area contributed by atoms with E-state index in [-0.39, 0.29) is 11.7 Å². The Labute approximate surface area is 125 Å². The lowest BCUT2D eigenvalue weighted by Crippen LogP contribution is -2.35. The van der Waals surface area contributed by atoms with Crippen LogP contribution in [0, 0.1) is 5.92 Å². The number of piperidine rings is 1. The fraction of sp³-hybridized carbons (Fsp3) is 0.571. The molecule has 1 aromatic carbocycles. The lowest BCUT2D eigenvalue weighted by atomic mass is 10.0. The summed E-state index contributed by atoms with van der Waals surface area (Å²) < 4.78 is 37.3. The normalized spacial score (nSPS) is 19.0. The van der Waals surface area contributed by atoms with Crippen molar-refractivity contribution in [3.8, 4) is 11.5 Å². The van der Waals surface area contributed by atoms with Crippen LogP contribution >= 0.6 is 0 Å². The van der Waals surface area contributed by atoms with Crippen LogP contribution in [0.5, 0.6) is 11.5 Å². The molecule has 21 heavy (non-hydrogen) atoms. The van der Waals surface area contributed by atoms with Crippen LogP contribution in [0.3, 0.4) is 0 Å². The molecular formula is C14H22N2O4S. The summed E-state index contributed by atoms with van der Waals surface area (Å²) in [7, 11) is -0.308. The standard InChI is InChI=1S/C14H22N2O4S/c1-19-13-6-5-12(8-14(13)20-2)16-21(17,18)10-11-4-3-7-15-9-11/h5-6,8,11,15-16H,3-4,7,9-10H2,1-2H3. The predicted octanol–water partition coefficient (Wildman–Crippen LogP) is 1.45. The molecule has 7 heteroatoms. The average Bonchev–Trinajstić information content (AvgIpc) is 2.47. The first-order valence-corrected chi connectivity index (χ1v) is 8.62. The Morgan fingerprint density at radius 1 is 1.29 bits per heavy atom. The highest BCUT2D eigenvalue weighted by Crippen LogP contribution is 2.30. The third-order valence-corrected chi connectivity index (χ3v) is 4.97. The zero-order valence-electron chi connectivity index (χ0n) is 12.4. The van der Waals surface area contributed by atoms with Gasteiger partial charge in [-0.2, -0.15) is 0 Å². The molecular weight excluding hydrogens is 292 g/mol. The van der Waals surface area contributed by atoms with E-state index in [2.05, 4.69) is 10.0 Å². The van der Waals surface area contributed by atoms with E-state index in [0.717, 1.165) is 25.9 Å². The van der Waals surface area contributed by atoms with Crippen molar-refractivity contribution in [2.24, 2.45) is 5.92 Å². The number of nitrogens with one attached hydrogen (secondary N) is 2. The second-order valence-electron chi connectivity index (χ2n) is 5.17. The molecule has 6 nitrogen and oxygen atoms in total. The first kappa shape index (κ1) is 15.9. The van der Waals surface area contributed by atoms with Crippen LogP contribution in [0.15, 0.2) is 18.2 Å². The van der Waals surface area contributed by atoms with Gasteiger partial charge in [0.1, 0.15) is 0 Å². The van der Waals surface area contributed by atoms with Crippen LogP contribution in [0.4, 0.5) is 5.69 Å². The topological polar surface area (TPSA) is 76.7 Å². The first-order chi connectivity index (χ1) is 10.0. The van der Waals surface area contributed by atoms with Crippen molar-refractivity contribution in [3.63, 3.8) is 0 Å². The van der Waals surface area contributed by atoms with Crippen molar-refractivity contribution >= 4 is 15.7 Å². The molecule has 0 bridgehead atoms. The number of hydrogen-bond donors (Lipinski definition) is 2. The molecule has 1 heterocycles. The molecule has 1 atom stereocenters. The molecule has 1 fully saturated rings. The van der Waals surface area contributed by atoms with Gasteiger partial charge in [-0.15, -0.1) is 0 Å². The lowest BCUT2D eigenvalue weighted by Gasteiger charge is -2.22. The minimum Gasteiger partial charge on any atom is -0.493 e. The maximum Gasteiger partial charge on any atom is 0.233 e. The molecule has 1 unspecified atom stereocenters. The van der Waals surface area contributed by atoms with Gasteiger partial charge in [-0.05, 0) is 44.0 Å². The van der Waals surface area contributed by atoms with E-state index in [1.165, 1.54) is 14.2 Å². The molecule has 1 aliphatic heterocycles. The summed E-state index contributed by atoms with van der Waals surface area (Å²) in [5, 5.41) is 3.23. The number of anilines is 1. The first-order valence-electron chi connectivity index (χ1n) is 6.97. The molecule has 2 rings (SSSR count). The molecule has 0 spiro atoms. The molecule has 0 saturated carbocycles. The molecule has 0 radical (unpaired) electrons. The van der Waals surface area contributed by atoms with Gasteiger partial charge < -0.3 is 14.8 Å². The molecule has 1 saturated heterocycles. The van der Waals surface area contributed by atoms with Crippen molar-refractivity contribution < 1.29 is 17.9 Å². The molecule has 0 aliphatic carbocycles. The fourth-order valence-electron chi connectivity index (χ4n) is 2.50. The SMILES string of the molecule is COc1ccc(NS(=O)(=O)CC2CCCNC2)cc1OC. The lowest BCUT2D eigenvalue weighted by molar-refractivity contribution is 0.355. The molecule has 1 aliphatic rings. The largest absolute Gasteiger partial charge is 0.493 e. The van der Waals surface area contributed by atoms with Crippen LogP contribution in [-0.4, -0.2) is 41.5 Å². The highest BCUT2D eigenvalue weighted by molar-refractivity contribution is 7.92. The van der Waals surface area contributed by atoms with Gasteiger partial charge in [-0.3, -0.25) is 4.72 Å². The van der Waals surface area contributed by atoms with Gasteiger partial charge in [0.15, 0.2) is 11.5 Å². The Hall–Kier alpha value is -1.47. The van der Waals surface area contributed by atoms with Crippen LogP contribution in [0.1, 0.15) is 12.8 Å². The van der Waals surface area contributed by atoms with E-state index < -0.39 is 10.0 Å². The highest BCUT2D eigenvalue weighted by atomic mass is 32.2. The molecule has 2 N–H and O–H groups in total. The Morgan fingerprint density at radius 3 is 2.67 bits per heavy atom. The number of hydrogen-bond acceptors (Lipinski definition) is 5. The van der Waals surface area contributed by atoms with Crippen molar-refractivity contribution in [1.29, 1.82) is 0 Å². The van der Waals surface area contributed by atoms with Gasteiger partial charge in [-0.1, -0.05) is 0 Å². The zero-order valence-corrected chi connectivity index (χ0v) is 13.2. The van der Waals surface area contributed by atoms with E-state index in [9.17, 15) is 8.42 Å². The van der Waals surface area contributed by atoms with E-state index in [1.54, 1.807) is 18.2 Å². The van der Waals surface area contributed by atoms with E-state index in [0.29, 0.717) is 17.2 Å². The monoisotopic (exact) mass is 314 g/mol. The highest BCUT2D eigenvalue weighted by Gasteiger charge is 2.21. The molecule has 1 aromatic rings. The maximum atomic E-state index is 12.2. The molecule has 0 amide bonds. The Kier molecular flexibility index (Phi) is 5.30. The number of sulfonamides is 1. The predicted molar refractivity (Wildman–Crippen MR) is 82.5 cm³/mol. The minimum atomic E-state index is -3.37. The van der Waals surface area contributed by atoms with Gasteiger partial charge >= 0.3 is 0 Å². The third kappa shape index (κ3) is 4.50. The van der Waals surface area contributed by atoms with Crippen LogP contribution in [0.2, 0.25) is 0 Å². The van der Waals surface area contributed by atoms with Gasteiger partial charge in [0.25, 0.3) is 0 Å². The summed E-state index contributed by atoms with van der Waals surface area (Å²) in [6.07, 6.45) is 1.97. The van der Waals surface area contributed by atoms with Crippen LogP contribution < -0.4 is 19.5 Å². The van der Waals surface area contributed by atoms with Crippen molar-refractivity contribution in [2.75, 3.05) is 37.8 Å². The van der Waals surface area contributed by atoms with Gasteiger partial charge in [0.2, 0.25) is 10.0 Å². The Balaban J connectivity index is 2.05. The fourth-order valence-corrected chi connectivity index (χ4v) is 3.97. The van der Waals surface area contributed by atoms with E-state index in [1.807, 2.05) is 0 Å². The Bertz CT molecular complexity index is 568. The van der Waals surface area contributed by atoms with Gasteiger partial charge in [0.05, 0.1) is 25.7 Å². The number of benzene rings is 1. The van der Waals surface area contributed by atoms with Crippen LogP contribution in [-0.2, 0) is 10.0 Å². The maximum absolute atomic E-state index is 12.2. The summed E-state index contributed by atoms with van der Waals surface area (Å²) in [4.78, 5) is 0. The second kappa shape index (κ2) is 7.00. The summed E-state index contributed by atoms with van der Waals surface area (Å²) in [5.41, 5.74) is 0.483. The molecule has 0 aromatic heterocycles. The van der Waals surface area contributed by atoms with Gasteiger partial charge in [-0.25, -0.2) is 8.42 Å². The summed E-state index contributed by atoms with van der Waals surface area (Å²) in [5.74, 6) is 1.36. The minimum absolute atomic E-state index is 0.133. The Morgan fingerprint density at radius 2 is 2.05 bits per heavy atom.